The van der Waals surface area contributed by atoms with Gasteiger partial charge in [0.25, 0.3) is 0 Å². The monoisotopic (exact) mass is 811 g/mol. The van der Waals surface area contributed by atoms with Gasteiger partial charge < -0.3 is 23.6 Å². The Hall–Kier alpha value is -1.58. The summed E-state index contributed by atoms with van der Waals surface area (Å²) in [4.78, 5) is 23.0. The number of epoxide rings is 1. The zero-order valence-electron chi connectivity index (χ0n) is 36.6. The van der Waals surface area contributed by atoms with E-state index >= 15 is 0 Å². The Morgan fingerprint density at radius 3 is 1.91 bits per heavy atom. The minimum Gasteiger partial charge on any atom is -0.457 e. The second-order valence-corrected chi connectivity index (χ2v) is 18.0. The molecule has 1 rings (SSSR count). The van der Waals surface area contributed by atoms with Gasteiger partial charge in [0.15, 0.2) is 0 Å². The third-order valence-electron chi connectivity index (χ3n) is 9.86. The van der Waals surface area contributed by atoms with Gasteiger partial charge in [-0.3, -0.25) is 13.8 Å². The Balaban J connectivity index is 2.29. The van der Waals surface area contributed by atoms with Gasteiger partial charge in [-0.15, -0.1) is 0 Å². The molecule has 0 saturated carbocycles. The van der Waals surface area contributed by atoms with Gasteiger partial charge in [-0.25, -0.2) is 4.57 Å². The SMILES string of the molecule is CCCCC/C=C/C/C=C/C=C\C=C/C1OC1CCCC(=O)OC(COCCCCCCCCCCCCCCCCCC)COP(=O)(O)OCC[N+](C)(C)C. The topological polar surface area (TPSA) is 104 Å². The zero-order chi connectivity index (χ0) is 41.0. The number of quaternary nitrogens is 1. The van der Waals surface area contributed by atoms with Crippen LogP contribution in [0.2, 0.25) is 0 Å². The molecule has 0 bridgehead atoms. The molecule has 0 spiro atoms. The van der Waals surface area contributed by atoms with E-state index in [1.807, 2.05) is 45.4 Å². The first-order valence-corrected chi connectivity index (χ1v) is 24.1. The van der Waals surface area contributed by atoms with E-state index in [1.54, 1.807) is 0 Å². The highest BCUT2D eigenvalue weighted by molar-refractivity contribution is 7.47. The summed E-state index contributed by atoms with van der Waals surface area (Å²) in [5, 5.41) is 0. The normalized spacial score (nSPS) is 17.8. The Morgan fingerprint density at radius 1 is 0.696 bits per heavy atom. The summed E-state index contributed by atoms with van der Waals surface area (Å²) in [7, 11) is 1.61. The second-order valence-electron chi connectivity index (χ2n) is 16.5. The molecule has 1 fully saturated rings. The number of ether oxygens (including phenoxy) is 3. The third kappa shape index (κ3) is 35.6. The summed E-state index contributed by atoms with van der Waals surface area (Å²) < 4.78 is 40.7. The first kappa shape index (κ1) is 52.4. The van der Waals surface area contributed by atoms with E-state index in [9.17, 15) is 14.3 Å². The van der Waals surface area contributed by atoms with Gasteiger partial charge in [-0.2, -0.15) is 0 Å². The summed E-state index contributed by atoms with van der Waals surface area (Å²) in [6.45, 7) is 5.47. The molecule has 10 heteroatoms. The molecule has 326 valence electrons. The van der Waals surface area contributed by atoms with Crippen molar-refractivity contribution in [2.24, 2.45) is 0 Å². The van der Waals surface area contributed by atoms with Crippen LogP contribution in [0, 0.1) is 0 Å². The lowest BCUT2D eigenvalue weighted by atomic mass is 10.0. The lowest BCUT2D eigenvalue weighted by molar-refractivity contribution is -0.870. The lowest BCUT2D eigenvalue weighted by Crippen LogP contribution is -2.37. The lowest BCUT2D eigenvalue weighted by Gasteiger charge is -2.24. The van der Waals surface area contributed by atoms with Gasteiger partial charge in [0, 0.05) is 13.0 Å². The van der Waals surface area contributed by atoms with Crippen molar-refractivity contribution >= 4 is 13.8 Å². The van der Waals surface area contributed by atoms with Crippen molar-refractivity contribution in [3.05, 3.63) is 48.6 Å². The van der Waals surface area contributed by atoms with Crippen LogP contribution in [0.15, 0.2) is 48.6 Å². The molecule has 1 heterocycles. The van der Waals surface area contributed by atoms with Gasteiger partial charge in [-0.1, -0.05) is 172 Å². The Labute approximate surface area is 343 Å². The van der Waals surface area contributed by atoms with E-state index < -0.39 is 13.9 Å². The molecule has 0 radical (unpaired) electrons. The van der Waals surface area contributed by atoms with Crippen LogP contribution in [0.1, 0.15) is 168 Å². The molecular weight excluding hydrogens is 725 g/mol. The van der Waals surface area contributed by atoms with E-state index in [0.29, 0.717) is 24.1 Å². The van der Waals surface area contributed by atoms with Crippen LogP contribution < -0.4 is 0 Å². The second kappa shape index (κ2) is 35.4. The molecule has 4 unspecified atom stereocenters. The van der Waals surface area contributed by atoms with E-state index in [0.717, 1.165) is 32.1 Å². The summed E-state index contributed by atoms with van der Waals surface area (Å²) in [6.07, 6.45) is 44.6. The average molecular weight is 811 g/mol. The highest BCUT2D eigenvalue weighted by Crippen LogP contribution is 2.43. The highest BCUT2D eigenvalue weighted by atomic mass is 31.2. The molecular formula is C46H85NO8P+. The summed E-state index contributed by atoms with van der Waals surface area (Å²) in [6, 6.07) is 0. The van der Waals surface area contributed by atoms with Crippen LogP contribution >= 0.6 is 7.82 Å². The van der Waals surface area contributed by atoms with E-state index in [-0.39, 0.29) is 44.4 Å². The molecule has 1 N–H and O–H groups in total. The number of phosphoric ester groups is 1. The highest BCUT2D eigenvalue weighted by Gasteiger charge is 2.35. The summed E-state index contributed by atoms with van der Waals surface area (Å²) in [5.74, 6) is -0.387. The summed E-state index contributed by atoms with van der Waals surface area (Å²) in [5.41, 5.74) is 0. The number of carbonyl (C=O) groups excluding carboxylic acids is 1. The van der Waals surface area contributed by atoms with Crippen molar-refractivity contribution in [2.45, 2.75) is 186 Å². The van der Waals surface area contributed by atoms with Crippen molar-refractivity contribution in [1.82, 2.24) is 0 Å². The maximum atomic E-state index is 12.8. The standard InChI is InChI=1S/C46H84NO8P/c1-6-8-10-12-14-16-18-20-21-22-23-25-27-29-31-33-39-51-41-43(42-53-56(49,50)52-40-38-47(3,4)5)54-46(48)37-34-36-45-44(55-45)35-32-30-28-26-24-19-17-15-13-11-9-7-2/h15,17,24,26,28,30,32,35,43-45H,6-14,16,18-23,25,27,29,31,33-34,36-42H2,1-5H3/p+1/b17-15+,26-24+,30-28-,35-32-. The predicted molar refractivity (Wildman–Crippen MR) is 233 cm³/mol. The number of nitrogens with zero attached hydrogens (tertiary/aromatic N) is 1. The number of allylic oxidation sites excluding steroid dienone is 7. The maximum Gasteiger partial charge on any atom is 0.472 e. The molecule has 9 nitrogen and oxygen atoms in total. The van der Waals surface area contributed by atoms with Crippen molar-refractivity contribution < 1.29 is 42.0 Å². The molecule has 0 aromatic carbocycles. The predicted octanol–water partition coefficient (Wildman–Crippen LogP) is 12.1. The van der Waals surface area contributed by atoms with Crippen molar-refractivity contribution in [2.75, 3.05) is 54.1 Å². The smallest absolute Gasteiger partial charge is 0.457 e. The third-order valence-corrected chi connectivity index (χ3v) is 10.8. The number of likely N-dealkylation sites (N-methyl/N-ethyl adjacent to an activating group) is 1. The number of hydrogen-bond acceptors (Lipinski definition) is 7. The van der Waals surface area contributed by atoms with Gasteiger partial charge in [0.2, 0.25) is 0 Å². The van der Waals surface area contributed by atoms with Crippen LogP contribution in [-0.4, -0.2) is 87.8 Å². The fourth-order valence-corrected chi connectivity index (χ4v) is 6.98. The molecule has 1 saturated heterocycles. The molecule has 1 aliphatic heterocycles. The number of carbonyl (C=O) groups is 1. The van der Waals surface area contributed by atoms with Gasteiger partial charge in [0.1, 0.15) is 25.4 Å². The Kier molecular flexibility index (Phi) is 33.1. The molecule has 4 atom stereocenters. The fourth-order valence-electron chi connectivity index (χ4n) is 6.24. The van der Waals surface area contributed by atoms with Crippen molar-refractivity contribution in [3.8, 4) is 0 Å². The molecule has 56 heavy (non-hydrogen) atoms. The van der Waals surface area contributed by atoms with Crippen molar-refractivity contribution in [1.29, 1.82) is 0 Å². The van der Waals surface area contributed by atoms with Gasteiger partial charge in [0.05, 0.1) is 40.5 Å². The number of phosphoric acid groups is 1. The largest absolute Gasteiger partial charge is 0.472 e. The van der Waals surface area contributed by atoms with Crippen LogP contribution in [0.5, 0.6) is 0 Å². The molecule has 1 aliphatic rings. The molecule has 0 aromatic rings. The Bertz CT molecular complexity index is 1100. The summed E-state index contributed by atoms with van der Waals surface area (Å²) >= 11 is 0. The number of rotatable bonds is 40. The van der Waals surface area contributed by atoms with Crippen LogP contribution in [0.4, 0.5) is 0 Å². The minimum absolute atomic E-state index is 0.0700. The van der Waals surface area contributed by atoms with Crippen LogP contribution in [-0.2, 0) is 32.6 Å². The molecule has 0 amide bonds. The number of hydrogen-bond donors (Lipinski definition) is 1. The first-order chi connectivity index (χ1) is 27.1. The van der Waals surface area contributed by atoms with Crippen molar-refractivity contribution in [3.63, 3.8) is 0 Å². The van der Waals surface area contributed by atoms with Crippen LogP contribution in [0.25, 0.3) is 0 Å². The fraction of sp³-hybridized carbons (Fsp3) is 0.804. The number of unbranched alkanes of at least 4 members (excludes halogenated alkanes) is 18. The molecule has 0 aromatic heterocycles. The van der Waals surface area contributed by atoms with Crippen LogP contribution in [0.3, 0.4) is 0 Å². The number of esters is 1. The maximum absolute atomic E-state index is 12.8. The average Bonchev–Trinajstić information content (AvgIpc) is 3.90. The Morgan fingerprint density at radius 2 is 1.29 bits per heavy atom. The van der Waals surface area contributed by atoms with E-state index in [2.05, 4.69) is 38.2 Å². The minimum atomic E-state index is -4.30. The quantitative estimate of drug-likeness (QED) is 0.0124. The molecule has 0 aliphatic carbocycles. The van der Waals surface area contributed by atoms with E-state index in [1.165, 1.54) is 109 Å². The first-order valence-electron chi connectivity index (χ1n) is 22.6. The van der Waals surface area contributed by atoms with Gasteiger partial charge >= 0.3 is 13.8 Å². The van der Waals surface area contributed by atoms with Gasteiger partial charge in [-0.05, 0) is 38.5 Å². The zero-order valence-corrected chi connectivity index (χ0v) is 37.5. The van der Waals surface area contributed by atoms with E-state index in [4.69, 9.17) is 23.3 Å².